The van der Waals surface area contributed by atoms with E-state index in [-0.39, 0.29) is 0 Å². The summed E-state index contributed by atoms with van der Waals surface area (Å²) in [5, 5.41) is 4.09. The molecular formula is C15H22ClNO2. The van der Waals surface area contributed by atoms with E-state index in [1.807, 2.05) is 12.1 Å². The van der Waals surface area contributed by atoms with Crippen molar-refractivity contribution >= 4 is 11.6 Å². The summed E-state index contributed by atoms with van der Waals surface area (Å²) in [6.07, 6.45) is 6.01. The van der Waals surface area contributed by atoms with Gasteiger partial charge in [-0.15, -0.1) is 0 Å². The molecule has 3 nitrogen and oxygen atoms in total. The second kappa shape index (κ2) is 7.01. The van der Waals surface area contributed by atoms with E-state index >= 15 is 0 Å². The Hall–Kier alpha value is -0.930. The van der Waals surface area contributed by atoms with Crippen molar-refractivity contribution in [2.24, 2.45) is 0 Å². The van der Waals surface area contributed by atoms with E-state index in [1.54, 1.807) is 14.2 Å². The van der Waals surface area contributed by atoms with Gasteiger partial charge in [-0.2, -0.15) is 0 Å². The van der Waals surface area contributed by atoms with E-state index in [0.717, 1.165) is 36.7 Å². The van der Waals surface area contributed by atoms with E-state index in [1.165, 1.54) is 19.3 Å². The maximum atomic E-state index is 6.24. The lowest BCUT2D eigenvalue weighted by Crippen LogP contribution is -2.17. The average Bonchev–Trinajstić information content (AvgIpc) is 3.23. The maximum Gasteiger partial charge on any atom is 0.144 e. The third kappa shape index (κ3) is 4.02. The number of nitrogens with one attached hydrogen (secondary N) is 1. The smallest absolute Gasteiger partial charge is 0.144 e. The molecule has 1 saturated carbocycles. The van der Waals surface area contributed by atoms with Crippen molar-refractivity contribution in [3.05, 3.63) is 22.7 Å². The molecule has 1 fully saturated rings. The molecule has 19 heavy (non-hydrogen) atoms. The molecule has 1 aliphatic rings. The molecule has 0 saturated heterocycles. The molecule has 106 valence electrons. The monoisotopic (exact) mass is 283 g/mol. The number of unbranched alkanes of at least 4 members (excludes halogenated alkanes) is 1. The van der Waals surface area contributed by atoms with Crippen LogP contribution < -0.4 is 14.8 Å². The van der Waals surface area contributed by atoms with Crippen molar-refractivity contribution in [3.63, 3.8) is 0 Å². The Balaban J connectivity index is 1.85. The summed E-state index contributed by atoms with van der Waals surface area (Å²) in [5.74, 6) is 1.41. The number of ether oxygens (including phenoxy) is 2. The predicted octanol–water partition coefficient (Wildman–Crippen LogP) is 3.43. The minimum atomic E-state index is 0.568. The van der Waals surface area contributed by atoms with E-state index in [4.69, 9.17) is 21.1 Å². The lowest BCUT2D eigenvalue weighted by Gasteiger charge is -2.13. The zero-order valence-corrected chi connectivity index (χ0v) is 12.4. The second-order valence-corrected chi connectivity index (χ2v) is 5.34. The minimum Gasteiger partial charge on any atom is -0.495 e. The molecule has 0 bridgehead atoms. The average molecular weight is 284 g/mol. The standard InChI is InChI=1S/C15H22ClNO2/c1-18-13-9-6-11(15(19-2)14(13)16)5-3-4-10-17-12-7-8-12/h6,9,12,17H,3-5,7-8,10H2,1-2H3. The van der Waals surface area contributed by atoms with Crippen molar-refractivity contribution < 1.29 is 9.47 Å². The van der Waals surface area contributed by atoms with Gasteiger partial charge >= 0.3 is 0 Å². The van der Waals surface area contributed by atoms with Gasteiger partial charge in [0.1, 0.15) is 16.5 Å². The zero-order chi connectivity index (χ0) is 13.7. The number of hydrogen-bond donors (Lipinski definition) is 1. The molecule has 4 heteroatoms. The van der Waals surface area contributed by atoms with Crippen LogP contribution in [0, 0.1) is 0 Å². The van der Waals surface area contributed by atoms with Crippen LogP contribution in [0.25, 0.3) is 0 Å². The number of benzene rings is 1. The molecule has 0 atom stereocenters. The summed E-state index contributed by atoms with van der Waals surface area (Å²) in [7, 11) is 3.27. The molecule has 2 rings (SSSR count). The fraction of sp³-hybridized carbons (Fsp3) is 0.600. The van der Waals surface area contributed by atoms with Crippen LogP contribution in [-0.4, -0.2) is 26.8 Å². The summed E-state index contributed by atoms with van der Waals surface area (Å²) < 4.78 is 10.6. The van der Waals surface area contributed by atoms with Crippen molar-refractivity contribution in [1.82, 2.24) is 5.32 Å². The molecule has 1 aliphatic carbocycles. The lowest BCUT2D eigenvalue weighted by atomic mass is 10.1. The molecule has 0 aromatic heterocycles. The van der Waals surface area contributed by atoms with Crippen molar-refractivity contribution in [2.45, 2.75) is 38.1 Å². The Morgan fingerprint density at radius 2 is 2.00 bits per heavy atom. The van der Waals surface area contributed by atoms with Crippen LogP contribution in [-0.2, 0) is 6.42 Å². The fourth-order valence-electron chi connectivity index (χ4n) is 2.19. The van der Waals surface area contributed by atoms with Crippen molar-refractivity contribution in [2.75, 3.05) is 20.8 Å². The number of halogens is 1. The van der Waals surface area contributed by atoms with E-state index < -0.39 is 0 Å². The SMILES string of the molecule is COc1ccc(CCCCNC2CC2)c(OC)c1Cl. The molecule has 0 spiro atoms. The van der Waals surface area contributed by atoms with Gasteiger partial charge in [-0.1, -0.05) is 17.7 Å². The normalized spacial score (nSPS) is 14.5. The second-order valence-electron chi connectivity index (χ2n) is 4.96. The molecule has 0 radical (unpaired) electrons. The fourth-order valence-corrected chi connectivity index (χ4v) is 2.53. The minimum absolute atomic E-state index is 0.568. The van der Waals surface area contributed by atoms with Crippen LogP contribution in [0.4, 0.5) is 0 Å². The van der Waals surface area contributed by atoms with Crippen LogP contribution in [0.5, 0.6) is 11.5 Å². The number of hydrogen-bond acceptors (Lipinski definition) is 3. The first kappa shape index (κ1) is 14.5. The molecule has 0 heterocycles. The van der Waals surface area contributed by atoms with Crippen molar-refractivity contribution in [1.29, 1.82) is 0 Å². The highest BCUT2D eigenvalue weighted by molar-refractivity contribution is 6.33. The summed E-state index contributed by atoms with van der Waals surface area (Å²) in [6, 6.07) is 4.74. The topological polar surface area (TPSA) is 30.5 Å². The number of methoxy groups -OCH3 is 2. The third-order valence-corrected chi connectivity index (χ3v) is 3.81. The number of aryl methyl sites for hydroxylation is 1. The van der Waals surface area contributed by atoms with Crippen LogP contribution in [0.2, 0.25) is 5.02 Å². The third-order valence-electron chi connectivity index (χ3n) is 3.45. The highest BCUT2D eigenvalue weighted by Gasteiger charge is 2.19. The van der Waals surface area contributed by atoms with Gasteiger partial charge < -0.3 is 14.8 Å². The van der Waals surface area contributed by atoms with Gasteiger partial charge in [0.15, 0.2) is 0 Å². The molecular weight excluding hydrogens is 262 g/mol. The Morgan fingerprint density at radius 1 is 1.21 bits per heavy atom. The van der Waals surface area contributed by atoms with Gasteiger partial charge in [0, 0.05) is 6.04 Å². The van der Waals surface area contributed by atoms with Crippen LogP contribution in [0.3, 0.4) is 0 Å². The van der Waals surface area contributed by atoms with Crippen LogP contribution in [0.15, 0.2) is 12.1 Å². The largest absolute Gasteiger partial charge is 0.495 e. The Labute approximate surface area is 120 Å². The van der Waals surface area contributed by atoms with Gasteiger partial charge in [-0.25, -0.2) is 0 Å². The van der Waals surface area contributed by atoms with E-state index in [2.05, 4.69) is 5.32 Å². The van der Waals surface area contributed by atoms with Gasteiger partial charge in [0.05, 0.1) is 14.2 Å². The molecule has 0 aliphatic heterocycles. The first-order chi connectivity index (χ1) is 9.26. The summed E-state index contributed by atoms with van der Waals surface area (Å²) in [6.45, 7) is 1.11. The molecule has 1 N–H and O–H groups in total. The van der Waals surface area contributed by atoms with Gasteiger partial charge in [-0.3, -0.25) is 0 Å². The molecule has 1 aromatic carbocycles. The van der Waals surface area contributed by atoms with Crippen LogP contribution in [0.1, 0.15) is 31.2 Å². The highest BCUT2D eigenvalue weighted by atomic mass is 35.5. The predicted molar refractivity (Wildman–Crippen MR) is 78.5 cm³/mol. The van der Waals surface area contributed by atoms with Crippen LogP contribution >= 0.6 is 11.6 Å². The van der Waals surface area contributed by atoms with Gasteiger partial charge in [0.2, 0.25) is 0 Å². The summed E-state index contributed by atoms with van der Waals surface area (Å²) >= 11 is 6.24. The summed E-state index contributed by atoms with van der Waals surface area (Å²) in [5.41, 5.74) is 1.15. The Kier molecular flexibility index (Phi) is 5.34. The number of rotatable bonds is 8. The quantitative estimate of drug-likeness (QED) is 0.742. The van der Waals surface area contributed by atoms with Crippen molar-refractivity contribution in [3.8, 4) is 11.5 Å². The van der Waals surface area contributed by atoms with Gasteiger partial charge in [0.25, 0.3) is 0 Å². The Bertz CT molecular complexity index is 419. The summed E-state index contributed by atoms with van der Waals surface area (Å²) in [4.78, 5) is 0. The zero-order valence-electron chi connectivity index (χ0n) is 11.7. The van der Waals surface area contributed by atoms with Gasteiger partial charge in [-0.05, 0) is 50.3 Å². The van der Waals surface area contributed by atoms with E-state index in [9.17, 15) is 0 Å². The maximum absolute atomic E-state index is 6.24. The molecule has 0 unspecified atom stereocenters. The lowest BCUT2D eigenvalue weighted by molar-refractivity contribution is 0.391. The molecule has 1 aromatic rings. The Morgan fingerprint density at radius 3 is 2.63 bits per heavy atom. The van der Waals surface area contributed by atoms with E-state index in [0.29, 0.717) is 10.8 Å². The molecule has 0 amide bonds. The first-order valence-corrected chi connectivity index (χ1v) is 7.26. The highest BCUT2D eigenvalue weighted by Crippen LogP contribution is 2.37. The first-order valence-electron chi connectivity index (χ1n) is 6.89.